The van der Waals surface area contributed by atoms with Crippen molar-refractivity contribution in [1.29, 1.82) is 0 Å². The van der Waals surface area contributed by atoms with E-state index in [0.29, 0.717) is 5.22 Å². The van der Waals surface area contributed by atoms with E-state index >= 15 is 0 Å². The van der Waals surface area contributed by atoms with Gasteiger partial charge in [0.25, 0.3) is 5.22 Å². The van der Waals surface area contributed by atoms with Gasteiger partial charge in [-0.25, -0.2) is 9.97 Å². The van der Waals surface area contributed by atoms with Gasteiger partial charge in [-0.1, -0.05) is 6.07 Å². The molecule has 0 aliphatic rings. The van der Waals surface area contributed by atoms with Crippen molar-refractivity contribution in [2.45, 2.75) is 16.8 Å². The molecule has 5 heteroatoms. The molecule has 0 amide bonds. The Labute approximate surface area is 92.1 Å². The molecule has 0 saturated carbocycles. The Bertz CT molecular complexity index is 416. The molecule has 4 nitrogen and oxygen atoms in total. The molecule has 0 fully saturated rings. The van der Waals surface area contributed by atoms with Gasteiger partial charge in [-0.3, -0.25) is 0 Å². The third-order valence-corrected chi connectivity index (χ3v) is 2.75. The average molecular weight is 221 g/mol. The van der Waals surface area contributed by atoms with Crippen molar-refractivity contribution in [2.24, 2.45) is 0 Å². The van der Waals surface area contributed by atoms with Gasteiger partial charge in [0.2, 0.25) is 0 Å². The van der Waals surface area contributed by atoms with Crippen LogP contribution >= 0.6 is 11.8 Å². The number of rotatable bonds is 4. The highest BCUT2D eigenvalue weighted by atomic mass is 32.2. The van der Waals surface area contributed by atoms with Gasteiger partial charge in [0, 0.05) is 12.7 Å². The first kappa shape index (κ1) is 10.2. The van der Waals surface area contributed by atoms with Crippen LogP contribution in [0, 0.1) is 0 Å². The molecule has 0 radical (unpaired) electrons. The van der Waals surface area contributed by atoms with Crippen molar-refractivity contribution in [3.05, 3.63) is 36.4 Å². The first-order valence-corrected chi connectivity index (χ1v) is 5.37. The van der Waals surface area contributed by atoms with E-state index in [9.17, 15) is 0 Å². The Morgan fingerprint density at radius 1 is 1.40 bits per heavy atom. The van der Waals surface area contributed by atoms with Crippen molar-refractivity contribution in [1.82, 2.24) is 15.3 Å². The molecule has 15 heavy (non-hydrogen) atoms. The van der Waals surface area contributed by atoms with Gasteiger partial charge in [-0.05, 0) is 30.4 Å². The topological polar surface area (TPSA) is 51.0 Å². The van der Waals surface area contributed by atoms with Gasteiger partial charge in [0.1, 0.15) is 11.3 Å². The Kier molecular flexibility index (Phi) is 3.37. The summed E-state index contributed by atoms with van der Waals surface area (Å²) < 4.78 is 5.16. The fourth-order valence-electron chi connectivity index (χ4n) is 1.18. The Morgan fingerprint density at radius 2 is 2.33 bits per heavy atom. The van der Waals surface area contributed by atoms with Crippen LogP contribution in [0.25, 0.3) is 0 Å². The lowest BCUT2D eigenvalue weighted by atomic mass is 10.3. The first-order chi connectivity index (χ1) is 7.40. The maximum atomic E-state index is 5.16. The zero-order chi connectivity index (χ0) is 10.5. The summed E-state index contributed by atoms with van der Waals surface area (Å²) in [5.74, 6) is 0. The van der Waals surface area contributed by atoms with Crippen molar-refractivity contribution in [3.63, 3.8) is 0 Å². The smallest absolute Gasteiger partial charge is 0.261 e. The molecule has 0 bridgehead atoms. The van der Waals surface area contributed by atoms with Crippen LogP contribution in [-0.2, 0) is 6.54 Å². The number of nitrogens with one attached hydrogen (secondary N) is 1. The summed E-state index contributed by atoms with van der Waals surface area (Å²) in [6.45, 7) is 0.789. The van der Waals surface area contributed by atoms with E-state index < -0.39 is 0 Å². The van der Waals surface area contributed by atoms with Crippen molar-refractivity contribution < 1.29 is 4.42 Å². The molecule has 0 aliphatic heterocycles. The van der Waals surface area contributed by atoms with E-state index in [-0.39, 0.29) is 0 Å². The average Bonchev–Trinajstić information content (AvgIpc) is 2.74. The van der Waals surface area contributed by atoms with E-state index in [1.807, 2.05) is 19.2 Å². The van der Waals surface area contributed by atoms with Crippen LogP contribution in [0.4, 0.5) is 0 Å². The van der Waals surface area contributed by atoms with Gasteiger partial charge < -0.3 is 9.73 Å². The minimum absolute atomic E-state index is 0.617. The molecule has 1 N–H and O–H groups in total. The fourth-order valence-corrected chi connectivity index (χ4v) is 1.95. The molecule has 0 atom stereocenters. The van der Waals surface area contributed by atoms with Crippen LogP contribution in [0.3, 0.4) is 0 Å². The molecule has 78 valence electrons. The van der Waals surface area contributed by atoms with Gasteiger partial charge in [-0.2, -0.15) is 0 Å². The molecule has 0 unspecified atom stereocenters. The Balaban J connectivity index is 2.20. The number of aromatic nitrogens is 2. The van der Waals surface area contributed by atoms with Crippen LogP contribution < -0.4 is 5.32 Å². The number of hydrogen-bond donors (Lipinski definition) is 1. The second kappa shape index (κ2) is 4.95. The third kappa shape index (κ3) is 2.57. The summed E-state index contributed by atoms with van der Waals surface area (Å²) in [5, 5.41) is 4.64. The van der Waals surface area contributed by atoms with E-state index in [1.165, 1.54) is 11.8 Å². The van der Waals surface area contributed by atoms with Gasteiger partial charge in [0.15, 0.2) is 0 Å². The monoisotopic (exact) mass is 221 g/mol. The van der Waals surface area contributed by atoms with Crippen LogP contribution in [0.2, 0.25) is 0 Å². The van der Waals surface area contributed by atoms with Gasteiger partial charge >= 0.3 is 0 Å². The standard InChI is InChI=1S/C10H11N3OS/c1-11-7-8-3-2-4-12-9(8)15-10-13-5-6-14-10/h2-6,11H,7H2,1H3. The largest absolute Gasteiger partial charge is 0.440 e. The summed E-state index contributed by atoms with van der Waals surface area (Å²) in [7, 11) is 1.91. The van der Waals surface area contributed by atoms with Crippen molar-refractivity contribution in [3.8, 4) is 0 Å². The summed E-state index contributed by atoms with van der Waals surface area (Å²) in [5.41, 5.74) is 1.14. The lowest BCUT2D eigenvalue weighted by Gasteiger charge is -2.04. The maximum absolute atomic E-state index is 5.16. The predicted molar refractivity (Wildman–Crippen MR) is 57.6 cm³/mol. The highest BCUT2D eigenvalue weighted by molar-refractivity contribution is 7.99. The van der Waals surface area contributed by atoms with E-state index in [0.717, 1.165) is 17.1 Å². The van der Waals surface area contributed by atoms with Crippen LogP contribution in [-0.4, -0.2) is 17.0 Å². The molecule has 0 saturated heterocycles. The van der Waals surface area contributed by atoms with E-state index in [2.05, 4.69) is 15.3 Å². The van der Waals surface area contributed by atoms with Crippen LogP contribution in [0.15, 0.2) is 45.5 Å². The zero-order valence-corrected chi connectivity index (χ0v) is 9.12. The van der Waals surface area contributed by atoms with Crippen LogP contribution in [0.1, 0.15) is 5.56 Å². The lowest BCUT2D eigenvalue weighted by Crippen LogP contribution is -2.06. The zero-order valence-electron chi connectivity index (χ0n) is 8.30. The molecular formula is C10H11N3OS. The number of oxazole rings is 1. The highest BCUT2D eigenvalue weighted by Gasteiger charge is 2.07. The number of pyridine rings is 1. The number of nitrogens with zero attached hydrogens (tertiary/aromatic N) is 2. The molecule has 2 rings (SSSR count). The van der Waals surface area contributed by atoms with Gasteiger partial charge in [0.05, 0.1) is 6.20 Å². The lowest BCUT2D eigenvalue weighted by molar-refractivity contribution is 0.454. The normalized spacial score (nSPS) is 10.5. The predicted octanol–water partition coefficient (Wildman–Crippen LogP) is 1.94. The van der Waals surface area contributed by atoms with Gasteiger partial charge in [-0.15, -0.1) is 0 Å². The van der Waals surface area contributed by atoms with Crippen LogP contribution in [0.5, 0.6) is 0 Å². The molecule has 2 heterocycles. The third-order valence-electron chi connectivity index (χ3n) is 1.81. The molecule has 2 aromatic heterocycles. The molecule has 0 aromatic carbocycles. The Hall–Kier alpha value is -1.33. The Morgan fingerprint density at radius 3 is 3.07 bits per heavy atom. The summed E-state index contributed by atoms with van der Waals surface area (Å²) in [6, 6.07) is 3.96. The SMILES string of the molecule is CNCc1cccnc1Sc1ncco1. The van der Waals surface area contributed by atoms with E-state index in [1.54, 1.807) is 18.7 Å². The summed E-state index contributed by atoms with van der Waals surface area (Å²) in [4.78, 5) is 8.34. The van der Waals surface area contributed by atoms with E-state index in [4.69, 9.17) is 4.42 Å². The minimum Gasteiger partial charge on any atom is -0.440 e. The second-order valence-corrected chi connectivity index (χ2v) is 3.84. The number of hydrogen-bond acceptors (Lipinski definition) is 5. The molecular weight excluding hydrogens is 210 g/mol. The molecule has 0 spiro atoms. The highest BCUT2D eigenvalue weighted by Crippen LogP contribution is 2.26. The molecule has 2 aromatic rings. The molecule has 0 aliphatic carbocycles. The summed E-state index contributed by atoms with van der Waals surface area (Å²) in [6.07, 6.45) is 4.95. The van der Waals surface area contributed by atoms with Crippen molar-refractivity contribution in [2.75, 3.05) is 7.05 Å². The second-order valence-electron chi connectivity index (χ2n) is 2.90. The van der Waals surface area contributed by atoms with Crippen molar-refractivity contribution >= 4 is 11.8 Å². The first-order valence-electron chi connectivity index (χ1n) is 4.56. The fraction of sp³-hybridized carbons (Fsp3) is 0.200. The summed E-state index contributed by atoms with van der Waals surface area (Å²) >= 11 is 1.43. The minimum atomic E-state index is 0.617. The maximum Gasteiger partial charge on any atom is 0.261 e. The quantitative estimate of drug-likeness (QED) is 0.855.